The van der Waals surface area contributed by atoms with Crippen LogP contribution in [0.15, 0.2) is 29.8 Å². The number of thiophene rings is 1. The third kappa shape index (κ3) is 3.41. The smallest absolute Gasteiger partial charge is 0.267 e. The number of pyridine rings is 1. The summed E-state index contributed by atoms with van der Waals surface area (Å²) in [6.45, 7) is 2.17. The molecule has 0 unspecified atom stereocenters. The molecule has 3 N–H and O–H groups in total. The molecule has 0 spiro atoms. The molecule has 0 aromatic carbocycles. The predicted molar refractivity (Wildman–Crippen MR) is 77.2 cm³/mol. The van der Waals surface area contributed by atoms with Crippen molar-refractivity contribution in [3.8, 4) is 11.8 Å². The fourth-order valence-electron chi connectivity index (χ4n) is 1.46. The van der Waals surface area contributed by atoms with E-state index in [0.717, 1.165) is 5.69 Å². The van der Waals surface area contributed by atoms with Crippen molar-refractivity contribution >= 4 is 22.9 Å². The number of hydrogen-bond donors (Lipinski definition) is 2. The molecule has 4 nitrogen and oxygen atoms in total. The molecule has 2 aromatic heterocycles. The van der Waals surface area contributed by atoms with Crippen LogP contribution in [0, 0.1) is 18.8 Å². The van der Waals surface area contributed by atoms with Crippen molar-refractivity contribution in [2.45, 2.75) is 6.92 Å². The number of aromatic nitrogens is 1. The van der Waals surface area contributed by atoms with E-state index in [-0.39, 0.29) is 12.5 Å². The summed E-state index contributed by atoms with van der Waals surface area (Å²) in [5.74, 6) is 5.46. The number of nitrogens with two attached hydrogens (primary N) is 1. The Hall–Kier alpha value is -2.16. The number of carbonyl (C=O) groups is 1. The van der Waals surface area contributed by atoms with E-state index in [1.165, 1.54) is 11.3 Å². The molecule has 0 aliphatic carbocycles. The van der Waals surface area contributed by atoms with Crippen LogP contribution in [0.4, 0.5) is 5.69 Å². The Bertz CT molecular complexity index is 635. The molecule has 0 radical (unpaired) electrons. The van der Waals surface area contributed by atoms with Crippen molar-refractivity contribution in [1.82, 2.24) is 4.98 Å². The molecule has 0 aliphatic rings. The largest absolute Gasteiger partial charge is 0.320 e. The van der Waals surface area contributed by atoms with Gasteiger partial charge in [-0.2, -0.15) is 0 Å². The molecule has 2 rings (SSSR count). The number of hydrogen-bond acceptors (Lipinski definition) is 4. The standard InChI is InChI=1S/C14H13N3OS/c1-10-4-5-12(9-16-10)17-14(18)13-11(3-2-7-15)6-8-19-13/h4-6,8-9H,7,15H2,1H3,(H,17,18). The van der Waals surface area contributed by atoms with E-state index in [4.69, 9.17) is 5.73 Å². The first kappa shape index (κ1) is 13.3. The van der Waals surface area contributed by atoms with Crippen molar-refractivity contribution in [1.29, 1.82) is 0 Å². The van der Waals surface area contributed by atoms with Gasteiger partial charge in [-0.25, -0.2) is 0 Å². The fraction of sp³-hybridized carbons (Fsp3) is 0.143. The number of nitrogens with zero attached hydrogens (tertiary/aromatic N) is 1. The van der Waals surface area contributed by atoms with E-state index in [9.17, 15) is 4.79 Å². The second-order valence-electron chi connectivity index (χ2n) is 3.81. The van der Waals surface area contributed by atoms with Crippen LogP contribution in [0.5, 0.6) is 0 Å². The van der Waals surface area contributed by atoms with Gasteiger partial charge in [0.05, 0.1) is 18.4 Å². The number of anilines is 1. The molecule has 2 heterocycles. The van der Waals surface area contributed by atoms with Crippen molar-refractivity contribution in [2.24, 2.45) is 5.73 Å². The van der Waals surface area contributed by atoms with Gasteiger partial charge in [0.25, 0.3) is 5.91 Å². The maximum atomic E-state index is 12.1. The lowest BCUT2D eigenvalue weighted by Crippen LogP contribution is -2.11. The zero-order valence-electron chi connectivity index (χ0n) is 10.4. The molecule has 0 saturated carbocycles. The van der Waals surface area contributed by atoms with E-state index >= 15 is 0 Å². The Kier molecular flexibility index (Phi) is 4.29. The highest BCUT2D eigenvalue weighted by Gasteiger charge is 2.12. The van der Waals surface area contributed by atoms with Crippen LogP contribution in [-0.2, 0) is 0 Å². The van der Waals surface area contributed by atoms with Crippen LogP contribution in [-0.4, -0.2) is 17.4 Å². The Labute approximate surface area is 115 Å². The summed E-state index contributed by atoms with van der Waals surface area (Å²) < 4.78 is 0. The zero-order valence-corrected chi connectivity index (χ0v) is 11.3. The van der Waals surface area contributed by atoms with Crippen molar-refractivity contribution in [3.05, 3.63) is 45.9 Å². The number of amides is 1. The number of carbonyl (C=O) groups excluding carboxylic acids is 1. The van der Waals surface area contributed by atoms with Gasteiger partial charge < -0.3 is 11.1 Å². The summed E-state index contributed by atoms with van der Waals surface area (Å²) in [5, 5.41) is 4.63. The van der Waals surface area contributed by atoms with Gasteiger partial charge in [0.1, 0.15) is 4.88 Å². The third-order valence-corrected chi connectivity index (χ3v) is 3.28. The normalized spacial score (nSPS) is 9.58. The first-order chi connectivity index (χ1) is 9.20. The van der Waals surface area contributed by atoms with Crippen LogP contribution in [0.1, 0.15) is 20.9 Å². The Morgan fingerprint density at radius 3 is 3.00 bits per heavy atom. The fourth-order valence-corrected chi connectivity index (χ4v) is 2.20. The summed E-state index contributed by atoms with van der Waals surface area (Å²) in [6.07, 6.45) is 1.63. The highest BCUT2D eigenvalue weighted by atomic mass is 32.1. The summed E-state index contributed by atoms with van der Waals surface area (Å²) in [7, 11) is 0. The van der Waals surface area contributed by atoms with Crippen LogP contribution in [0.2, 0.25) is 0 Å². The third-order valence-electron chi connectivity index (χ3n) is 2.37. The molecular weight excluding hydrogens is 258 g/mol. The zero-order chi connectivity index (χ0) is 13.7. The van der Waals surface area contributed by atoms with Crippen LogP contribution < -0.4 is 11.1 Å². The van der Waals surface area contributed by atoms with Crippen molar-refractivity contribution < 1.29 is 4.79 Å². The van der Waals surface area contributed by atoms with Gasteiger partial charge in [0.15, 0.2) is 0 Å². The lowest BCUT2D eigenvalue weighted by molar-refractivity contribution is 0.103. The Morgan fingerprint density at radius 1 is 1.47 bits per heavy atom. The predicted octanol–water partition coefficient (Wildman–Crippen LogP) is 2.01. The van der Waals surface area contributed by atoms with Crippen molar-refractivity contribution in [2.75, 3.05) is 11.9 Å². The molecule has 1 amide bonds. The lowest BCUT2D eigenvalue weighted by atomic mass is 10.2. The van der Waals surface area contributed by atoms with Gasteiger partial charge in [-0.15, -0.1) is 11.3 Å². The number of aryl methyl sites for hydroxylation is 1. The summed E-state index contributed by atoms with van der Waals surface area (Å²) in [4.78, 5) is 16.8. The monoisotopic (exact) mass is 271 g/mol. The average molecular weight is 271 g/mol. The topological polar surface area (TPSA) is 68.0 Å². The van der Waals surface area contributed by atoms with Gasteiger partial charge in [0.2, 0.25) is 0 Å². The molecule has 0 atom stereocenters. The van der Waals surface area contributed by atoms with Gasteiger partial charge >= 0.3 is 0 Å². The highest BCUT2D eigenvalue weighted by molar-refractivity contribution is 7.12. The van der Waals surface area contributed by atoms with E-state index in [1.54, 1.807) is 6.20 Å². The minimum atomic E-state index is -0.179. The van der Waals surface area contributed by atoms with E-state index in [2.05, 4.69) is 22.1 Å². The molecule has 0 bridgehead atoms. The van der Waals surface area contributed by atoms with Gasteiger partial charge in [-0.05, 0) is 30.5 Å². The minimum Gasteiger partial charge on any atom is -0.320 e. The second-order valence-corrected chi connectivity index (χ2v) is 4.73. The first-order valence-electron chi connectivity index (χ1n) is 5.71. The quantitative estimate of drug-likeness (QED) is 0.821. The molecule has 0 saturated heterocycles. The molecule has 0 fully saturated rings. The molecule has 96 valence electrons. The molecule has 19 heavy (non-hydrogen) atoms. The molecular formula is C14H13N3OS. The Balaban J connectivity index is 2.16. The summed E-state index contributed by atoms with van der Waals surface area (Å²) >= 11 is 1.35. The van der Waals surface area contributed by atoms with E-state index < -0.39 is 0 Å². The van der Waals surface area contributed by atoms with Crippen LogP contribution in [0.3, 0.4) is 0 Å². The number of nitrogens with one attached hydrogen (secondary N) is 1. The summed E-state index contributed by atoms with van der Waals surface area (Å²) in [6, 6.07) is 5.48. The van der Waals surface area contributed by atoms with Crippen molar-refractivity contribution in [3.63, 3.8) is 0 Å². The molecule has 2 aromatic rings. The van der Waals surface area contributed by atoms with Crippen LogP contribution in [0.25, 0.3) is 0 Å². The van der Waals surface area contributed by atoms with E-state index in [1.807, 2.05) is 30.5 Å². The summed E-state index contributed by atoms with van der Waals surface area (Å²) in [5.41, 5.74) is 7.61. The average Bonchev–Trinajstić information content (AvgIpc) is 2.87. The van der Waals surface area contributed by atoms with Gasteiger partial charge in [0, 0.05) is 11.3 Å². The molecule has 5 heteroatoms. The van der Waals surface area contributed by atoms with Gasteiger partial charge in [-0.1, -0.05) is 11.8 Å². The Morgan fingerprint density at radius 2 is 2.32 bits per heavy atom. The second kappa shape index (κ2) is 6.14. The number of rotatable bonds is 2. The highest BCUT2D eigenvalue weighted by Crippen LogP contribution is 2.18. The van der Waals surface area contributed by atoms with E-state index in [0.29, 0.717) is 16.1 Å². The SMILES string of the molecule is Cc1ccc(NC(=O)c2sccc2C#CCN)cn1. The van der Waals surface area contributed by atoms with Gasteiger partial charge in [-0.3, -0.25) is 9.78 Å². The first-order valence-corrected chi connectivity index (χ1v) is 6.59. The molecule has 0 aliphatic heterocycles. The maximum Gasteiger partial charge on any atom is 0.267 e. The van der Waals surface area contributed by atoms with Crippen LogP contribution >= 0.6 is 11.3 Å². The lowest BCUT2D eigenvalue weighted by Gasteiger charge is -2.03. The minimum absolute atomic E-state index is 0.179. The maximum absolute atomic E-state index is 12.1.